The van der Waals surface area contributed by atoms with E-state index in [0.29, 0.717) is 5.92 Å². The predicted molar refractivity (Wildman–Crippen MR) is 60.1 cm³/mol. The summed E-state index contributed by atoms with van der Waals surface area (Å²) < 4.78 is 27.0. The number of halogens is 2. The lowest BCUT2D eigenvalue weighted by atomic mass is 9.85. The van der Waals surface area contributed by atoms with Gasteiger partial charge in [-0.25, -0.2) is 8.78 Å². The van der Waals surface area contributed by atoms with Crippen LogP contribution < -0.4 is 5.32 Å². The average Bonchev–Trinajstić information content (AvgIpc) is 2.24. The number of nitriles is 1. The van der Waals surface area contributed by atoms with Gasteiger partial charge in [0.1, 0.15) is 11.6 Å². The molecule has 1 aromatic rings. The molecular formula is C13H14F2N2. The van der Waals surface area contributed by atoms with Crippen LogP contribution in [0.15, 0.2) is 12.1 Å². The molecule has 1 fully saturated rings. The van der Waals surface area contributed by atoms with Gasteiger partial charge in [-0.2, -0.15) is 5.26 Å². The molecule has 0 spiro atoms. The molecule has 0 atom stereocenters. The Kier molecular flexibility index (Phi) is 3.70. The van der Waals surface area contributed by atoms with Crippen LogP contribution in [0.25, 0.3) is 0 Å². The van der Waals surface area contributed by atoms with Crippen molar-refractivity contribution in [3.8, 4) is 6.07 Å². The van der Waals surface area contributed by atoms with E-state index < -0.39 is 11.6 Å². The van der Waals surface area contributed by atoms with Crippen LogP contribution in [-0.4, -0.2) is 6.54 Å². The fraction of sp³-hybridized carbons (Fsp3) is 0.462. The molecule has 90 valence electrons. The van der Waals surface area contributed by atoms with Gasteiger partial charge >= 0.3 is 0 Å². The van der Waals surface area contributed by atoms with Gasteiger partial charge < -0.3 is 5.32 Å². The Morgan fingerprint density at radius 3 is 2.41 bits per heavy atom. The highest BCUT2D eigenvalue weighted by Crippen LogP contribution is 2.25. The second-order valence-electron chi connectivity index (χ2n) is 4.46. The molecule has 0 aliphatic heterocycles. The van der Waals surface area contributed by atoms with E-state index in [4.69, 9.17) is 5.26 Å². The van der Waals surface area contributed by atoms with Gasteiger partial charge in [0, 0.05) is 12.1 Å². The van der Waals surface area contributed by atoms with Crippen molar-refractivity contribution in [1.82, 2.24) is 5.32 Å². The molecule has 1 aliphatic carbocycles. The fourth-order valence-electron chi connectivity index (χ4n) is 1.93. The van der Waals surface area contributed by atoms with Gasteiger partial charge in [-0.1, -0.05) is 6.42 Å². The van der Waals surface area contributed by atoms with E-state index in [1.807, 2.05) is 0 Å². The lowest BCUT2D eigenvalue weighted by Crippen LogP contribution is -2.27. The van der Waals surface area contributed by atoms with Gasteiger partial charge in [-0.3, -0.25) is 0 Å². The molecule has 1 N–H and O–H groups in total. The molecule has 0 unspecified atom stereocenters. The first-order valence-corrected chi connectivity index (χ1v) is 5.79. The first kappa shape index (κ1) is 12.0. The lowest BCUT2D eigenvalue weighted by molar-refractivity contribution is 0.300. The van der Waals surface area contributed by atoms with Gasteiger partial charge in [0.05, 0.1) is 11.6 Å². The summed E-state index contributed by atoms with van der Waals surface area (Å²) >= 11 is 0. The molecule has 1 aliphatic rings. The summed E-state index contributed by atoms with van der Waals surface area (Å²) in [6, 6.07) is 3.87. The van der Waals surface area contributed by atoms with Crippen molar-refractivity contribution in [2.75, 3.05) is 6.54 Å². The summed E-state index contributed by atoms with van der Waals surface area (Å²) in [5, 5.41) is 11.6. The Balaban J connectivity index is 1.97. The summed E-state index contributed by atoms with van der Waals surface area (Å²) in [5.74, 6) is -0.648. The van der Waals surface area contributed by atoms with Crippen molar-refractivity contribution < 1.29 is 8.78 Å². The smallest absolute Gasteiger partial charge is 0.131 e. The van der Waals surface area contributed by atoms with Crippen molar-refractivity contribution in [2.45, 2.75) is 25.8 Å². The Morgan fingerprint density at radius 1 is 1.29 bits per heavy atom. The van der Waals surface area contributed by atoms with Gasteiger partial charge in [-0.05, 0) is 37.4 Å². The third kappa shape index (κ3) is 2.80. The van der Waals surface area contributed by atoms with Crippen LogP contribution in [-0.2, 0) is 6.54 Å². The third-order valence-electron chi connectivity index (χ3n) is 3.23. The fourth-order valence-corrected chi connectivity index (χ4v) is 1.93. The Morgan fingerprint density at radius 2 is 1.94 bits per heavy atom. The first-order valence-electron chi connectivity index (χ1n) is 5.79. The highest BCUT2D eigenvalue weighted by molar-refractivity contribution is 5.34. The van der Waals surface area contributed by atoms with E-state index in [9.17, 15) is 8.78 Å². The van der Waals surface area contributed by atoms with Crippen LogP contribution in [0.4, 0.5) is 8.78 Å². The predicted octanol–water partition coefficient (Wildman–Crippen LogP) is 2.73. The SMILES string of the molecule is N#Cc1cc(F)c(CNCC2CCC2)c(F)c1. The van der Waals surface area contributed by atoms with Crippen LogP contribution in [0.5, 0.6) is 0 Å². The topological polar surface area (TPSA) is 35.8 Å². The Hall–Kier alpha value is -1.47. The zero-order valence-electron chi connectivity index (χ0n) is 9.47. The van der Waals surface area contributed by atoms with Crippen molar-refractivity contribution >= 4 is 0 Å². The minimum Gasteiger partial charge on any atom is -0.312 e. The standard InChI is InChI=1S/C13H14F2N2/c14-12-4-10(6-16)5-13(15)11(12)8-17-7-9-2-1-3-9/h4-5,9,17H,1-3,7-8H2. The second-order valence-corrected chi connectivity index (χ2v) is 4.46. The van der Waals surface area contributed by atoms with Gasteiger partial charge in [-0.15, -0.1) is 0 Å². The zero-order chi connectivity index (χ0) is 12.3. The lowest BCUT2D eigenvalue weighted by Gasteiger charge is -2.25. The molecule has 0 heterocycles. The normalized spacial score (nSPS) is 15.4. The van der Waals surface area contributed by atoms with E-state index in [1.165, 1.54) is 19.3 Å². The average molecular weight is 236 g/mol. The van der Waals surface area contributed by atoms with Crippen LogP contribution >= 0.6 is 0 Å². The first-order chi connectivity index (χ1) is 8.20. The second kappa shape index (κ2) is 5.24. The van der Waals surface area contributed by atoms with E-state index >= 15 is 0 Å². The Bertz CT molecular complexity index is 424. The molecule has 17 heavy (non-hydrogen) atoms. The molecule has 0 radical (unpaired) electrons. The van der Waals surface area contributed by atoms with E-state index in [-0.39, 0.29) is 17.7 Å². The molecule has 4 heteroatoms. The monoisotopic (exact) mass is 236 g/mol. The molecule has 1 aromatic carbocycles. The number of nitrogens with zero attached hydrogens (tertiary/aromatic N) is 1. The van der Waals surface area contributed by atoms with Crippen LogP contribution in [0.1, 0.15) is 30.4 Å². The van der Waals surface area contributed by atoms with Crippen LogP contribution in [0.3, 0.4) is 0 Å². The Labute approximate surface area is 99.3 Å². The maximum absolute atomic E-state index is 13.5. The van der Waals surface area contributed by atoms with E-state index in [2.05, 4.69) is 5.32 Å². The van der Waals surface area contributed by atoms with Crippen molar-refractivity contribution in [2.24, 2.45) is 5.92 Å². The van der Waals surface area contributed by atoms with E-state index in [0.717, 1.165) is 18.7 Å². The zero-order valence-corrected chi connectivity index (χ0v) is 9.47. The molecule has 0 bridgehead atoms. The van der Waals surface area contributed by atoms with Crippen molar-refractivity contribution in [3.63, 3.8) is 0 Å². The van der Waals surface area contributed by atoms with Crippen LogP contribution in [0.2, 0.25) is 0 Å². The van der Waals surface area contributed by atoms with Gasteiger partial charge in [0.2, 0.25) is 0 Å². The summed E-state index contributed by atoms with van der Waals surface area (Å²) in [4.78, 5) is 0. The molecular weight excluding hydrogens is 222 g/mol. The summed E-state index contributed by atoms with van der Waals surface area (Å²) in [5.41, 5.74) is 0.0334. The highest BCUT2D eigenvalue weighted by Gasteiger charge is 2.17. The highest BCUT2D eigenvalue weighted by atomic mass is 19.1. The molecule has 0 aromatic heterocycles. The quantitative estimate of drug-likeness (QED) is 0.872. The summed E-state index contributed by atoms with van der Waals surface area (Å²) in [7, 11) is 0. The third-order valence-corrected chi connectivity index (χ3v) is 3.23. The molecule has 0 saturated heterocycles. The minimum atomic E-state index is -0.650. The minimum absolute atomic E-state index is 0.0164. The van der Waals surface area contributed by atoms with Crippen molar-refractivity contribution in [1.29, 1.82) is 5.26 Å². The largest absolute Gasteiger partial charge is 0.312 e. The summed E-state index contributed by atoms with van der Waals surface area (Å²) in [6.07, 6.45) is 3.66. The number of benzene rings is 1. The summed E-state index contributed by atoms with van der Waals surface area (Å²) in [6.45, 7) is 0.985. The number of hydrogen-bond donors (Lipinski definition) is 1. The maximum Gasteiger partial charge on any atom is 0.131 e. The van der Waals surface area contributed by atoms with Gasteiger partial charge in [0.25, 0.3) is 0 Å². The molecule has 1 saturated carbocycles. The number of nitrogens with one attached hydrogen (secondary N) is 1. The molecule has 0 amide bonds. The number of rotatable bonds is 4. The van der Waals surface area contributed by atoms with Gasteiger partial charge in [0.15, 0.2) is 0 Å². The molecule has 2 nitrogen and oxygen atoms in total. The van der Waals surface area contributed by atoms with E-state index in [1.54, 1.807) is 6.07 Å². The maximum atomic E-state index is 13.5. The van der Waals surface area contributed by atoms with Crippen molar-refractivity contribution in [3.05, 3.63) is 34.9 Å². The van der Waals surface area contributed by atoms with Crippen LogP contribution in [0, 0.1) is 28.9 Å². The number of hydrogen-bond acceptors (Lipinski definition) is 2. The molecule has 2 rings (SSSR count).